The zero-order valence-electron chi connectivity index (χ0n) is 9.62. The first-order valence-corrected chi connectivity index (χ1v) is 5.70. The van der Waals surface area contributed by atoms with Gasteiger partial charge in [0.15, 0.2) is 0 Å². The molecule has 1 rings (SSSR count). The third-order valence-corrected chi connectivity index (χ3v) is 2.78. The number of ether oxygens (including phenoxy) is 2. The fourth-order valence-electron chi connectivity index (χ4n) is 1.78. The second-order valence-electron chi connectivity index (χ2n) is 3.95. The number of carbonyl (C=O) groups is 1. The number of esters is 1. The predicted octanol–water partition coefficient (Wildman–Crippen LogP) is 0.954. The van der Waals surface area contributed by atoms with Crippen LogP contribution in [0, 0.1) is 5.92 Å². The molecule has 1 aliphatic heterocycles. The first-order valence-electron chi connectivity index (χ1n) is 5.70. The fourth-order valence-corrected chi connectivity index (χ4v) is 1.78. The van der Waals surface area contributed by atoms with Gasteiger partial charge >= 0.3 is 5.97 Å². The highest BCUT2D eigenvalue weighted by Gasteiger charge is 2.20. The van der Waals surface area contributed by atoms with Crippen molar-refractivity contribution in [2.75, 3.05) is 26.4 Å². The van der Waals surface area contributed by atoms with Crippen LogP contribution in [-0.2, 0) is 14.3 Å². The van der Waals surface area contributed by atoms with Gasteiger partial charge in [-0.25, -0.2) is 0 Å². The first-order chi connectivity index (χ1) is 7.24. The van der Waals surface area contributed by atoms with E-state index in [0.717, 1.165) is 19.6 Å². The van der Waals surface area contributed by atoms with Crippen LogP contribution in [0.25, 0.3) is 0 Å². The Morgan fingerprint density at radius 3 is 3.07 bits per heavy atom. The molecular weight excluding hydrogens is 194 g/mol. The van der Waals surface area contributed by atoms with E-state index in [1.54, 1.807) is 0 Å². The van der Waals surface area contributed by atoms with E-state index in [-0.39, 0.29) is 5.97 Å². The minimum Gasteiger partial charge on any atom is -0.465 e. The number of rotatable bonds is 5. The van der Waals surface area contributed by atoms with E-state index in [4.69, 9.17) is 9.47 Å². The van der Waals surface area contributed by atoms with Gasteiger partial charge in [0.25, 0.3) is 0 Å². The molecule has 4 nitrogen and oxygen atoms in total. The smallest absolute Gasteiger partial charge is 0.319 e. The monoisotopic (exact) mass is 215 g/mol. The maximum atomic E-state index is 11.1. The van der Waals surface area contributed by atoms with Crippen molar-refractivity contribution in [1.29, 1.82) is 0 Å². The van der Waals surface area contributed by atoms with E-state index in [1.165, 1.54) is 6.42 Å². The number of hydrogen-bond donors (Lipinski definition) is 1. The summed E-state index contributed by atoms with van der Waals surface area (Å²) in [6.07, 6.45) is 2.30. The molecule has 0 bridgehead atoms. The molecule has 0 aromatic carbocycles. The number of carbonyl (C=O) groups excluding carboxylic acids is 1. The van der Waals surface area contributed by atoms with Gasteiger partial charge in [-0.15, -0.1) is 0 Å². The maximum absolute atomic E-state index is 11.1. The van der Waals surface area contributed by atoms with Crippen LogP contribution in [-0.4, -0.2) is 38.4 Å². The minimum atomic E-state index is -0.180. The minimum absolute atomic E-state index is 0.180. The van der Waals surface area contributed by atoms with Crippen LogP contribution >= 0.6 is 0 Å². The van der Waals surface area contributed by atoms with E-state index in [1.807, 2.05) is 6.92 Å². The molecule has 15 heavy (non-hydrogen) atoms. The summed E-state index contributed by atoms with van der Waals surface area (Å²) in [5.41, 5.74) is 0. The molecule has 4 heteroatoms. The molecule has 1 fully saturated rings. The Bertz CT molecular complexity index is 190. The van der Waals surface area contributed by atoms with Crippen molar-refractivity contribution in [3.05, 3.63) is 0 Å². The third-order valence-electron chi connectivity index (χ3n) is 2.78. The van der Waals surface area contributed by atoms with Crippen LogP contribution in [0.5, 0.6) is 0 Å². The molecule has 0 radical (unpaired) electrons. The van der Waals surface area contributed by atoms with Crippen LogP contribution in [0.2, 0.25) is 0 Å². The zero-order chi connectivity index (χ0) is 11.1. The lowest BCUT2D eigenvalue weighted by Crippen LogP contribution is -2.40. The highest BCUT2D eigenvalue weighted by molar-refractivity contribution is 5.71. The molecule has 88 valence electrons. The van der Waals surface area contributed by atoms with Crippen molar-refractivity contribution < 1.29 is 14.3 Å². The molecule has 0 saturated carbocycles. The molecule has 0 unspecified atom stereocenters. The summed E-state index contributed by atoms with van der Waals surface area (Å²) in [6, 6.07) is 0.315. The average Bonchev–Trinajstić information content (AvgIpc) is 2.27. The molecule has 2 atom stereocenters. The second-order valence-corrected chi connectivity index (χ2v) is 3.95. The fraction of sp³-hybridized carbons (Fsp3) is 0.909. The normalized spacial score (nSPS) is 23.5. The quantitative estimate of drug-likeness (QED) is 0.694. The Kier molecular flexibility index (Phi) is 5.65. The Labute approximate surface area is 91.3 Å². The van der Waals surface area contributed by atoms with Crippen molar-refractivity contribution in [3.63, 3.8) is 0 Å². The number of nitrogens with one attached hydrogen (secondary N) is 1. The molecule has 1 N–H and O–H groups in total. The Morgan fingerprint density at radius 1 is 1.67 bits per heavy atom. The van der Waals surface area contributed by atoms with Crippen LogP contribution in [0.3, 0.4) is 0 Å². The van der Waals surface area contributed by atoms with Crippen molar-refractivity contribution in [1.82, 2.24) is 5.32 Å². The van der Waals surface area contributed by atoms with Gasteiger partial charge in [-0.3, -0.25) is 4.79 Å². The average molecular weight is 215 g/mol. The third kappa shape index (κ3) is 4.62. The second kappa shape index (κ2) is 6.80. The van der Waals surface area contributed by atoms with Gasteiger partial charge < -0.3 is 14.8 Å². The van der Waals surface area contributed by atoms with Gasteiger partial charge in [0.1, 0.15) is 0 Å². The molecular formula is C11H21NO3. The highest BCUT2D eigenvalue weighted by atomic mass is 16.5. The molecule has 1 saturated heterocycles. The Morgan fingerprint density at radius 2 is 2.47 bits per heavy atom. The SMILES string of the molecule is CCOC(=O)CN[C@@H](C)[C@@H]1CCCOC1. The molecule has 0 aliphatic carbocycles. The lowest BCUT2D eigenvalue weighted by molar-refractivity contribution is -0.142. The lowest BCUT2D eigenvalue weighted by Gasteiger charge is -2.28. The molecule has 1 heterocycles. The first kappa shape index (κ1) is 12.5. The van der Waals surface area contributed by atoms with Crippen molar-refractivity contribution in [2.45, 2.75) is 32.7 Å². The van der Waals surface area contributed by atoms with Gasteiger partial charge in [0.05, 0.1) is 19.8 Å². The zero-order valence-corrected chi connectivity index (χ0v) is 9.62. The van der Waals surface area contributed by atoms with Crippen molar-refractivity contribution in [2.24, 2.45) is 5.92 Å². The van der Waals surface area contributed by atoms with Crippen molar-refractivity contribution >= 4 is 5.97 Å². The largest absolute Gasteiger partial charge is 0.465 e. The summed E-state index contributed by atoms with van der Waals surface area (Å²) in [5.74, 6) is 0.342. The van der Waals surface area contributed by atoms with E-state index in [9.17, 15) is 4.79 Å². The van der Waals surface area contributed by atoms with E-state index in [0.29, 0.717) is 25.1 Å². The van der Waals surface area contributed by atoms with Crippen molar-refractivity contribution in [3.8, 4) is 0 Å². The van der Waals surface area contributed by atoms with E-state index >= 15 is 0 Å². The summed E-state index contributed by atoms with van der Waals surface area (Å²) < 4.78 is 10.2. The van der Waals surface area contributed by atoms with Gasteiger partial charge in [-0.2, -0.15) is 0 Å². The van der Waals surface area contributed by atoms with Gasteiger partial charge in [0.2, 0.25) is 0 Å². The summed E-state index contributed by atoms with van der Waals surface area (Å²) in [6.45, 7) is 6.33. The summed E-state index contributed by atoms with van der Waals surface area (Å²) >= 11 is 0. The predicted molar refractivity (Wildman–Crippen MR) is 57.6 cm³/mol. The lowest BCUT2D eigenvalue weighted by atomic mass is 9.95. The topological polar surface area (TPSA) is 47.6 Å². The number of hydrogen-bond acceptors (Lipinski definition) is 4. The van der Waals surface area contributed by atoms with Gasteiger partial charge in [-0.05, 0) is 32.6 Å². The molecule has 0 spiro atoms. The summed E-state index contributed by atoms with van der Waals surface area (Å²) in [5, 5.41) is 3.18. The van der Waals surface area contributed by atoms with Crippen LogP contribution < -0.4 is 5.32 Å². The van der Waals surface area contributed by atoms with Gasteiger partial charge in [0, 0.05) is 12.6 Å². The van der Waals surface area contributed by atoms with Crippen LogP contribution in [0.15, 0.2) is 0 Å². The molecule has 1 aliphatic rings. The summed E-state index contributed by atoms with van der Waals surface area (Å²) in [4.78, 5) is 11.1. The summed E-state index contributed by atoms with van der Waals surface area (Å²) in [7, 11) is 0. The highest BCUT2D eigenvalue weighted by Crippen LogP contribution is 2.16. The molecule has 0 aromatic heterocycles. The maximum Gasteiger partial charge on any atom is 0.319 e. The van der Waals surface area contributed by atoms with Crippen LogP contribution in [0.1, 0.15) is 26.7 Å². The molecule has 0 amide bonds. The standard InChI is InChI=1S/C11H21NO3/c1-3-15-11(13)7-12-9(2)10-5-4-6-14-8-10/h9-10,12H,3-8H2,1-2H3/t9-,10+/m0/s1. The van der Waals surface area contributed by atoms with E-state index in [2.05, 4.69) is 12.2 Å². The molecule has 0 aromatic rings. The Hall–Kier alpha value is -0.610. The Balaban J connectivity index is 2.16. The van der Waals surface area contributed by atoms with Crippen LogP contribution in [0.4, 0.5) is 0 Å². The van der Waals surface area contributed by atoms with E-state index < -0.39 is 0 Å². The van der Waals surface area contributed by atoms with Gasteiger partial charge in [-0.1, -0.05) is 0 Å².